The van der Waals surface area contributed by atoms with Crippen molar-refractivity contribution in [3.63, 3.8) is 0 Å². The molecule has 1 saturated heterocycles. The number of nitrogens with zero attached hydrogens (tertiary/aromatic N) is 1. The highest BCUT2D eigenvalue weighted by molar-refractivity contribution is 7.15. The number of carbonyl (C=O) groups excluding carboxylic acids is 1. The highest BCUT2D eigenvalue weighted by atomic mass is 35.5. The lowest BCUT2D eigenvalue weighted by atomic mass is 9.87. The zero-order chi connectivity index (χ0) is 18.0. The Morgan fingerprint density at radius 3 is 2.35 bits per heavy atom. The van der Waals surface area contributed by atoms with E-state index >= 15 is 0 Å². The van der Waals surface area contributed by atoms with Crippen LogP contribution in [0.3, 0.4) is 0 Å². The average Bonchev–Trinajstić information content (AvgIpc) is 2.99. The van der Waals surface area contributed by atoms with Crippen LogP contribution in [0.4, 0.5) is 0 Å². The van der Waals surface area contributed by atoms with Crippen LogP contribution in [-0.4, -0.2) is 29.9 Å². The summed E-state index contributed by atoms with van der Waals surface area (Å²) in [6.45, 7) is 11.0. The van der Waals surface area contributed by atoms with Crippen molar-refractivity contribution in [2.75, 3.05) is 13.1 Å². The molecule has 142 valence electrons. The molecule has 1 N–H and O–H groups in total. The minimum Gasteiger partial charge on any atom is -0.335 e. The predicted octanol–water partition coefficient (Wildman–Crippen LogP) is 4.74. The van der Waals surface area contributed by atoms with E-state index in [0.717, 1.165) is 13.1 Å². The number of hydrogen-bond acceptors (Lipinski definition) is 3. The third kappa shape index (κ3) is 4.67. The topological polar surface area (TPSA) is 32.3 Å². The Morgan fingerprint density at radius 2 is 1.81 bits per heavy atom. The summed E-state index contributed by atoms with van der Waals surface area (Å²) in [6.07, 6.45) is 0. The molecule has 0 radical (unpaired) electrons. The molecule has 26 heavy (non-hydrogen) atoms. The van der Waals surface area contributed by atoms with Crippen LogP contribution in [0.15, 0.2) is 36.4 Å². The molecule has 0 aliphatic carbocycles. The Kier molecular flexibility index (Phi) is 7.27. The van der Waals surface area contributed by atoms with E-state index in [0.29, 0.717) is 12.5 Å². The molecule has 2 aromatic rings. The summed E-state index contributed by atoms with van der Waals surface area (Å²) < 4.78 is 0. The van der Waals surface area contributed by atoms with Crippen molar-refractivity contribution < 1.29 is 4.79 Å². The van der Waals surface area contributed by atoms with Crippen molar-refractivity contribution >= 4 is 29.7 Å². The van der Waals surface area contributed by atoms with Gasteiger partial charge in [-0.25, -0.2) is 0 Å². The summed E-state index contributed by atoms with van der Waals surface area (Å²) in [7, 11) is 0. The Hall–Kier alpha value is -1.36. The van der Waals surface area contributed by atoms with Gasteiger partial charge in [0.25, 0.3) is 0 Å². The molecule has 1 aromatic carbocycles. The molecule has 1 atom stereocenters. The molecule has 1 amide bonds. The van der Waals surface area contributed by atoms with Gasteiger partial charge in [-0.3, -0.25) is 4.79 Å². The second kappa shape index (κ2) is 9.03. The molecule has 1 unspecified atom stereocenters. The Bertz CT molecular complexity index is 722. The predicted molar refractivity (Wildman–Crippen MR) is 113 cm³/mol. The highest BCUT2D eigenvalue weighted by Gasteiger charge is 2.32. The standard InChI is InChI=1S/C21H28N2OS.ClH/c1-14(2)23(21(24)16(4)18-11-22-12-18)13-19-9-10-20(25-19)17-7-5-15(3)6-8-17;/h5-10,14,16,18,22H,11-13H2,1-4H3;1H. The maximum Gasteiger partial charge on any atom is 0.226 e. The van der Waals surface area contributed by atoms with Gasteiger partial charge in [0.15, 0.2) is 0 Å². The van der Waals surface area contributed by atoms with Crippen molar-refractivity contribution in [2.24, 2.45) is 11.8 Å². The van der Waals surface area contributed by atoms with E-state index in [9.17, 15) is 4.79 Å². The molecule has 1 aliphatic rings. The monoisotopic (exact) mass is 392 g/mol. The van der Waals surface area contributed by atoms with Gasteiger partial charge < -0.3 is 10.2 Å². The lowest BCUT2D eigenvalue weighted by molar-refractivity contribution is -0.139. The second-order valence-corrected chi connectivity index (χ2v) is 8.57. The number of carbonyl (C=O) groups is 1. The fourth-order valence-corrected chi connectivity index (χ4v) is 4.16. The van der Waals surface area contributed by atoms with Gasteiger partial charge in [-0.05, 0) is 57.5 Å². The average molecular weight is 393 g/mol. The Labute approximate surface area is 167 Å². The van der Waals surface area contributed by atoms with Gasteiger partial charge in [0, 0.05) is 21.7 Å². The van der Waals surface area contributed by atoms with Crippen LogP contribution in [0.25, 0.3) is 10.4 Å². The van der Waals surface area contributed by atoms with Crippen LogP contribution in [-0.2, 0) is 11.3 Å². The lowest BCUT2D eigenvalue weighted by Gasteiger charge is -2.36. The number of hydrogen-bond donors (Lipinski definition) is 1. The third-order valence-corrected chi connectivity index (χ3v) is 6.26. The molecule has 1 aromatic heterocycles. The van der Waals surface area contributed by atoms with Crippen molar-refractivity contribution in [2.45, 2.75) is 40.3 Å². The number of amides is 1. The third-order valence-electron chi connectivity index (χ3n) is 5.14. The van der Waals surface area contributed by atoms with Crippen molar-refractivity contribution in [1.82, 2.24) is 10.2 Å². The summed E-state index contributed by atoms with van der Waals surface area (Å²) in [5.74, 6) is 0.868. The first-order valence-electron chi connectivity index (χ1n) is 9.12. The summed E-state index contributed by atoms with van der Waals surface area (Å²) in [5, 5.41) is 3.27. The van der Waals surface area contributed by atoms with E-state index in [1.54, 1.807) is 11.3 Å². The van der Waals surface area contributed by atoms with Crippen LogP contribution >= 0.6 is 23.7 Å². The summed E-state index contributed by atoms with van der Waals surface area (Å²) in [6, 6.07) is 13.2. The number of halogens is 1. The van der Waals surface area contributed by atoms with E-state index in [2.05, 4.69) is 69.4 Å². The first kappa shape index (κ1) is 20.9. The van der Waals surface area contributed by atoms with Gasteiger partial charge in [0.1, 0.15) is 0 Å². The molecule has 0 saturated carbocycles. The first-order valence-corrected chi connectivity index (χ1v) is 9.94. The molecule has 5 heteroatoms. The van der Waals surface area contributed by atoms with Crippen LogP contribution in [0, 0.1) is 18.8 Å². The van der Waals surface area contributed by atoms with Crippen molar-refractivity contribution in [3.05, 3.63) is 46.8 Å². The van der Waals surface area contributed by atoms with Gasteiger partial charge in [-0.1, -0.05) is 36.8 Å². The van der Waals surface area contributed by atoms with Gasteiger partial charge in [0.2, 0.25) is 5.91 Å². The Balaban J connectivity index is 0.00000243. The van der Waals surface area contributed by atoms with Gasteiger partial charge in [-0.15, -0.1) is 23.7 Å². The maximum absolute atomic E-state index is 12.9. The second-order valence-electron chi connectivity index (χ2n) is 7.40. The quantitative estimate of drug-likeness (QED) is 0.770. The molecule has 0 bridgehead atoms. The fraction of sp³-hybridized carbons (Fsp3) is 0.476. The molecular formula is C21H29ClN2OS. The van der Waals surface area contributed by atoms with Crippen LogP contribution in [0.1, 0.15) is 31.2 Å². The SMILES string of the molecule is Cc1ccc(-c2ccc(CN(C(=O)C(C)C3CNC3)C(C)C)s2)cc1.Cl. The number of aryl methyl sites for hydroxylation is 1. The van der Waals surface area contributed by atoms with E-state index in [-0.39, 0.29) is 30.3 Å². The molecule has 1 fully saturated rings. The lowest BCUT2D eigenvalue weighted by Crippen LogP contribution is -2.51. The molecule has 0 spiro atoms. The Morgan fingerprint density at radius 1 is 1.15 bits per heavy atom. The molecule has 1 aliphatic heterocycles. The summed E-state index contributed by atoms with van der Waals surface area (Å²) >= 11 is 1.79. The zero-order valence-electron chi connectivity index (χ0n) is 16.0. The number of rotatable bonds is 6. The van der Waals surface area contributed by atoms with E-state index < -0.39 is 0 Å². The minimum absolute atomic E-state index is 0. The number of thiophene rings is 1. The fourth-order valence-electron chi connectivity index (χ4n) is 3.15. The first-order chi connectivity index (χ1) is 12.0. The van der Waals surface area contributed by atoms with Crippen molar-refractivity contribution in [1.29, 1.82) is 0 Å². The largest absolute Gasteiger partial charge is 0.335 e. The van der Waals surface area contributed by atoms with Crippen LogP contribution in [0.5, 0.6) is 0 Å². The van der Waals surface area contributed by atoms with E-state index in [1.165, 1.54) is 20.9 Å². The normalized spacial score (nSPS) is 15.3. The molecular weight excluding hydrogens is 364 g/mol. The van der Waals surface area contributed by atoms with E-state index in [1.807, 2.05) is 4.90 Å². The summed E-state index contributed by atoms with van der Waals surface area (Å²) in [5.41, 5.74) is 2.52. The zero-order valence-corrected chi connectivity index (χ0v) is 17.6. The summed E-state index contributed by atoms with van der Waals surface area (Å²) in [4.78, 5) is 17.5. The number of benzene rings is 1. The molecule has 3 nitrogen and oxygen atoms in total. The molecule has 3 rings (SSSR count). The highest BCUT2D eigenvalue weighted by Crippen LogP contribution is 2.30. The van der Waals surface area contributed by atoms with E-state index in [4.69, 9.17) is 0 Å². The van der Waals surface area contributed by atoms with Gasteiger partial charge >= 0.3 is 0 Å². The van der Waals surface area contributed by atoms with Crippen LogP contribution in [0.2, 0.25) is 0 Å². The molecule has 2 heterocycles. The maximum atomic E-state index is 12.9. The number of nitrogens with one attached hydrogen (secondary N) is 1. The minimum atomic E-state index is 0. The van der Waals surface area contributed by atoms with Crippen LogP contribution < -0.4 is 5.32 Å². The van der Waals surface area contributed by atoms with Gasteiger partial charge in [0.05, 0.1) is 6.54 Å². The van der Waals surface area contributed by atoms with Crippen molar-refractivity contribution in [3.8, 4) is 10.4 Å². The smallest absolute Gasteiger partial charge is 0.226 e. The van der Waals surface area contributed by atoms with Gasteiger partial charge in [-0.2, -0.15) is 0 Å².